The minimum absolute atomic E-state index is 0.320. The first-order valence-electron chi connectivity index (χ1n) is 8.89. The van der Waals surface area contributed by atoms with E-state index in [0.717, 1.165) is 29.8 Å². The van der Waals surface area contributed by atoms with Crippen molar-refractivity contribution in [2.45, 2.75) is 17.7 Å². The lowest BCUT2D eigenvalue weighted by molar-refractivity contribution is 0.477. The van der Waals surface area contributed by atoms with Crippen molar-refractivity contribution in [1.29, 1.82) is 0 Å². The predicted molar refractivity (Wildman–Crippen MR) is 105 cm³/mol. The van der Waals surface area contributed by atoms with Gasteiger partial charge in [0.25, 0.3) is 0 Å². The number of aromatic nitrogens is 2. The second kappa shape index (κ2) is 7.46. The van der Waals surface area contributed by atoms with Crippen molar-refractivity contribution in [1.82, 2.24) is 14.5 Å². The molecule has 1 aromatic heterocycles. The number of nitrogens with zero attached hydrogens (tertiary/aromatic N) is 3. The van der Waals surface area contributed by atoms with Crippen molar-refractivity contribution < 1.29 is 8.42 Å². The second-order valence-electron chi connectivity index (χ2n) is 6.43. The summed E-state index contributed by atoms with van der Waals surface area (Å²) in [6, 6.07) is 20.3. The SMILES string of the molecule is O=S(=O)(c1ccc(Nc2ccc(-c3ccccc3)nn2)cc1)N1CCCC1. The molecule has 27 heavy (non-hydrogen) atoms. The molecule has 0 atom stereocenters. The fraction of sp³-hybridized carbons (Fsp3) is 0.200. The van der Waals surface area contributed by atoms with Gasteiger partial charge in [0.2, 0.25) is 10.0 Å². The van der Waals surface area contributed by atoms with Crippen molar-refractivity contribution >= 4 is 21.5 Å². The lowest BCUT2D eigenvalue weighted by Crippen LogP contribution is -2.27. The first kappa shape index (κ1) is 17.6. The summed E-state index contributed by atoms with van der Waals surface area (Å²) in [6.07, 6.45) is 1.85. The van der Waals surface area contributed by atoms with Gasteiger partial charge in [-0.25, -0.2) is 8.42 Å². The predicted octanol–water partition coefficient (Wildman–Crippen LogP) is 3.67. The van der Waals surface area contributed by atoms with E-state index in [0.29, 0.717) is 23.8 Å². The van der Waals surface area contributed by atoms with Gasteiger partial charge in [0.05, 0.1) is 10.6 Å². The maximum absolute atomic E-state index is 12.6. The van der Waals surface area contributed by atoms with Crippen LogP contribution in [-0.2, 0) is 10.0 Å². The van der Waals surface area contributed by atoms with Crippen molar-refractivity contribution in [3.05, 3.63) is 66.7 Å². The molecule has 1 fully saturated rings. The van der Waals surface area contributed by atoms with E-state index in [1.165, 1.54) is 0 Å². The number of hydrogen-bond acceptors (Lipinski definition) is 5. The van der Waals surface area contributed by atoms with Crippen LogP contribution in [0, 0.1) is 0 Å². The van der Waals surface area contributed by atoms with Crippen molar-refractivity contribution in [3.8, 4) is 11.3 Å². The third-order valence-electron chi connectivity index (χ3n) is 4.56. The van der Waals surface area contributed by atoms with Gasteiger partial charge in [-0.3, -0.25) is 0 Å². The van der Waals surface area contributed by atoms with Crippen molar-refractivity contribution in [2.24, 2.45) is 0 Å². The molecule has 0 amide bonds. The standard InChI is InChI=1S/C20H20N4O2S/c25-27(26,24-14-4-5-15-24)18-10-8-17(9-11-18)21-20-13-12-19(22-23-20)16-6-2-1-3-7-16/h1-3,6-13H,4-5,14-15H2,(H,21,23). The van der Waals surface area contributed by atoms with Gasteiger partial charge in [-0.05, 0) is 49.2 Å². The Morgan fingerprint density at radius 2 is 1.52 bits per heavy atom. The smallest absolute Gasteiger partial charge is 0.243 e. The zero-order valence-corrected chi connectivity index (χ0v) is 15.6. The van der Waals surface area contributed by atoms with Crippen LogP contribution in [0.5, 0.6) is 0 Å². The lowest BCUT2D eigenvalue weighted by Gasteiger charge is -2.15. The lowest BCUT2D eigenvalue weighted by atomic mass is 10.1. The van der Waals surface area contributed by atoms with Crippen LogP contribution in [-0.4, -0.2) is 36.0 Å². The van der Waals surface area contributed by atoms with E-state index in [4.69, 9.17) is 0 Å². The van der Waals surface area contributed by atoms with Gasteiger partial charge in [-0.2, -0.15) is 4.31 Å². The molecule has 2 heterocycles. The van der Waals surface area contributed by atoms with Crippen LogP contribution in [0.15, 0.2) is 71.6 Å². The Balaban J connectivity index is 1.47. The average Bonchev–Trinajstić information content (AvgIpc) is 3.26. The van der Waals surface area contributed by atoms with Gasteiger partial charge in [-0.15, -0.1) is 10.2 Å². The molecule has 0 spiro atoms. The highest BCUT2D eigenvalue weighted by molar-refractivity contribution is 7.89. The number of benzene rings is 2. The number of anilines is 2. The largest absolute Gasteiger partial charge is 0.339 e. The molecule has 7 heteroatoms. The summed E-state index contributed by atoms with van der Waals surface area (Å²) in [4.78, 5) is 0.320. The Labute approximate surface area is 158 Å². The van der Waals surface area contributed by atoms with Crippen LogP contribution in [0.3, 0.4) is 0 Å². The van der Waals surface area contributed by atoms with E-state index in [9.17, 15) is 8.42 Å². The van der Waals surface area contributed by atoms with E-state index in [2.05, 4.69) is 15.5 Å². The van der Waals surface area contributed by atoms with Crippen molar-refractivity contribution in [2.75, 3.05) is 18.4 Å². The van der Waals surface area contributed by atoms with Crippen LogP contribution in [0.2, 0.25) is 0 Å². The highest BCUT2D eigenvalue weighted by Gasteiger charge is 2.26. The Kier molecular flexibility index (Phi) is 4.87. The Hall–Kier alpha value is -2.77. The molecule has 1 aliphatic heterocycles. The molecule has 0 bridgehead atoms. The number of hydrogen-bond donors (Lipinski definition) is 1. The van der Waals surface area contributed by atoms with Gasteiger partial charge in [-0.1, -0.05) is 30.3 Å². The van der Waals surface area contributed by atoms with Gasteiger partial charge >= 0.3 is 0 Å². The highest BCUT2D eigenvalue weighted by Crippen LogP contribution is 2.23. The highest BCUT2D eigenvalue weighted by atomic mass is 32.2. The fourth-order valence-electron chi connectivity index (χ4n) is 3.10. The molecule has 138 valence electrons. The molecule has 1 aliphatic rings. The van der Waals surface area contributed by atoms with Crippen LogP contribution >= 0.6 is 0 Å². The Morgan fingerprint density at radius 1 is 0.815 bits per heavy atom. The molecule has 4 rings (SSSR count). The molecule has 0 unspecified atom stereocenters. The van der Waals surface area contributed by atoms with Gasteiger partial charge in [0, 0.05) is 24.3 Å². The molecular formula is C20H20N4O2S. The second-order valence-corrected chi connectivity index (χ2v) is 8.37. The maximum Gasteiger partial charge on any atom is 0.243 e. The van der Waals surface area contributed by atoms with E-state index in [1.807, 2.05) is 42.5 Å². The van der Waals surface area contributed by atoms with Gasteiger partial charge in [0.15, 0.2) is 5.82 Å². The van der Waals surface area contributed by atoms with Crippen molar-refractivity contribution in [3.63, 3.8) is 0 Å². The molecule has 0 aliphatic carbocycles. The molecule has 3 aromatic rings. The monoisotopic (exact) mass is 380 g/mol. The first-order chi connectivity index (χ1) is 13.1. The zero-order chi connectivity index (χ0) is 18.7. The van der Waals surface area contributed by atoms with E-state index in [1.54, 1.807) is 28.6 Å². The fourth-order valence-corrected chi connectivity index (χ4v) is 4.61. The molecule has 2 aromatic carbocycles. The van der Waals surface area contributed by atoms with E-state index >= 15 is 0 Å². The minimum atomic E-state index is -3.39. The minimum Gasteiger partial charge on any atom is -0.339 e. The Bertz CT molecular complexity index is 998. The van der Waals surface area contributed by atoms with E-state index < -0.39 is 10.0 Å². The van der Waals surface area contributed by atoms with Crippen LogP contribution < -0.4 is 5.32 Å². The third kappa shape index (κ3) is 3.84. The van der Waals surface area contributed by atoms with Crippen LogP contribution in [0.25, 0.3) is 11.3 Å². The topological polar surface area (TPSA) is 75.2 Å². The molecule has 0 radical (unpaired) electrons. The quantitative estimate of drug-likeness (QED) is 0.731. The number of nitrogens with one attached hydrogen (secondary N) is 1. The summed E-state index contributed by atoms with van der Waals surface area (Å²) in [5.41, 5.74) is 2.57. The zero-order valence-electron chi connectivity index (χ0n) is 14.7. The normalized spacial score (nSPS) is 15.0. The maximum atomic E-state index is 12.6. The van der Waals surface area contributed by atoms with Gasteiger partial charge < -0.3 is 5.32 Å². The summed E-state index contributed by atoms with van der Waals surface area (Å²) in [5, 5.41) is 11.6. The summed E-state index contributed by atoms with van der Waals surface area (Å²) in [6.45, 7) is 1.21. The first-order valence-corrected chi connectivity index (χ1v) is 10.3. The summed E-state index contributed by atoms with van der Waals surface area (Å²) in [7, 11) is -3.39. The summed E-state index contributed by atoms with van der Waals surface area (Å²) >= 11 is 0. The molecule has 6 nitrogen and oxygen atoms in total. The third-order valence-corrected chi connectivity index (χ3v) is 6.48. The average molecular weight is 380 g/mol. The molecule has 0 saturated carbocycles. The van der Waals surface area contributed by atoms with Crippen LogP contribution in [0.1, 0.15) is 12.8 Å². The number of sulfonamides is 1. The molecule has 1 saturated heterocycles. The summed E-state index contributed by atoms with van der Waals surface area (Å²) < 4.78 is 26.7. The Morgan fingerprint density at radius 3 is 2.15 bits per heavy atom. The number of rotatable bonds is 5. The molecular weight excluding hydrogens is 360 g/mol. The molecule has 1 N–H and O–H groups in total. The van der Waals surface area contributed by atoms with Crippen LogP contribution in [0.4, 0.5) is 11.5 Å². The summed E-state index contributed by atoms with van der Waals surface area (Å²) in [5.74, 6) is 0.602. The van der Waals surface area contributed by atoms with E-state index in [-0.39, 0.29) is 0 Å². The van der Waals surface area contributed by atoms with Gasteiger partial charge in [0.1, 0.15) is 0 Å².